The largest absolute Gasteiger partial charge is 0.395 e. The average Bonchev–Trinajstić information content (AvgIpc) is 2.99. The summed E-state index contributed by atoms with van der Waals surface area (Å²) < 4.78 is 1.90. The normalized spacial score (nSPS) is 11.9. The Morgan fingerprint density at radius 3 is 3.05 bits per heavy atom. The van der Waals surface area contributed by atoms with Gasteiger partial charge in [0.15, 0.2) is 0 Å². The fraction of sp³-hybridized carbons (Fsp3) is 0.286. The van der Waals surface area contributed by atoms with Crippen LogP contribution in [0.2, 0.25) is 0 Å². The molecule has 0 spiro atoms. The number of nitrogens with one attached hydrogen (secondary N) is 2. The van der Waals surface area contributed by atoms with Gasteiger partial charge in [-0.05, 0) is 24.6 Å². The summed E-state index contributed by atoms with van der Waals surface area (Å²) in [5, 5.41) is 14.0. The Hall–Kier alpha value is -2.34. The Bertz CT molecular complexity index is 554. The van der Waals surface area contributed by atoms with Gasteiger partial charge in [-0.2, -0.15) is 0 Å². The van der Waals surface area contributed by atoms with Gasteiger partial charge in [0, 0.05) is 24.6 Å². The lowest BCUT2D eigenvalue weighted by molar-refractivity contribution is 0.231. The van der Waals surface area contributed by atoms with Crippen molar-refractivity contribution >= 4 is 6.03 Å². The Morgan fingerprint density at radius 2 is 2.35 bits per heavy atom. The summed E-state index contributed by atoms with van der Waals surface area (Å²) in [4.78, 5) is 15.6. The number of hydrogen-bond donors (Lipinski definition) is 3. The summed E-state index contributed by atoms with van der Waals surface area (Å²) in [5.41, 5.74) is 1.99. The van der Waals surface area contributed by atoms with Crippen LogP contribution >= 0.6 is 0 Å². The second-order valence-electron chi connectivity index (χ2n) is 4.41. The van der Waals surface area contributed by atoms with Gasteiger partial charge in [0.25, 0.3) is 0 Å². The zero-order valence-corrected chi connectivity index (χ0v) is 11.3. The van der Waals surface area contributed by atoms with Crippen molar-refractivity contribution in [2.45, 2.75) is 13.0 Å². The molecule has 0 fully saturated rings. The van der Waals surface area contributed by atoms with Crippen LogP contribution in [0, 0.1) is 0 Å². The van der Waals surface area contributed by atoms with Gasteiger partial charge in [0.2, 0.25) is 0 Å². The van der Waals surface area contributed by atoms with Crippen LogP contribution in [0.1, 0.15) is 18.5 Å². The van der Waals surface area contributed by atoms with Crippen molar-refractivity contribution in [3.05, 3.63) is 48.5 Å². The van der Waals surface area contributed by atoms with Crippen molar-refractivity contribution in [1.29, 1.82) is 0 Å². The molecule has 1 unspecified atom stereocenters. The zero-order chi connectivity index (χ0) is 14.4. The number of amides is 2. The molecule has 0 bridgehead atoms. The lowest BCUT2D eigenvalue weighted by Gasteiger charge is -2.16. The molecule has 20 heavy (non-hydrogen) atoms. The molecule has 0 saturated carbocycles. The molecule has 1 heterocycles. The second kappa shape index (κ2) is 6.72. The van der Waals surface area contributed by atoms with E-state index in [0.29, 0.717) is 0 Å². The summed E-state index contributed by atoms with van der Waals surface area (Å²) in [6, 6.07) is 7.45. The predicted octanol–water partition coefficient (Wildman–Crippen LogP) is 1.22. The van der Waals surface area contributed by atoms with Crippen LogP contribution in [0.4, 0.5) is 4.79 Å². The van der Waals surface area contributed by atoms with E-state index in [2.05, 4.69) is 15.6 Å². The van der Waals surface area contributed by atoms with Crippen LogP contribution < -0.4 is 10.6 Å². The lowest BCUT2D eigenvalue weighted by atomic mass is 10.1. The van der Waals surface area contributed by atoms with Crippen molar-refractivity contribution in [2.24, 2.45) is 0 Å². The number of carbonyl (C=O) groups excluding carboxylic acids is 1. The third kappa shape index (κ3) is 3.58. The van der Waals surface area contributed by atoms with Crippen LogP contribution in [0.15, 0.2) is 43.0 Å². The highest BCUT2D eigenvalue weighted by Crippen LogP contribution is 2.16. The molecule has 106 valence electrons. The molecule has 2 aromatic rings. The molecule has 2 amide bonds. The van der Waals surface area contributed by atoms with Gasteiger partial charge in [0.1, 0.15) is 0 Å². The number of aliphatic hydroxyl groups is 1. The van der Waals surface area contributed by atoms with Crippen LogP contribution in [0.25, 0.3) is 5.69 Å². The zero-order valence-electron chi connectivity index (χ0n) is 11.3. The molecule has 6 nitrogen and oxygen atoms in total. The van der Waals surface area contributed by atoms with E-state index in [-0.39, 0.29) is 25.2 Å². The second-order valence-corrected chi connectivity index (χ2v) is 4.41. The Balaban J connectivity index is 2.05. The summed E-state index contributed by atoms with van der Waals surface area (Å²) in [6.45, 7) is 2.08. The molecule has 2 rings (SSSR count). The van der Waals surface area contributed by atoms with E-state index in [1.807, 2.05) is 42.0 Å². The summed E-state index contributed by atoms with van der Waals surface area (Å²) in [5.74, 6) is 0. The van der Waals surface area contributed by atoms with Crippen molar-refractivity contribution in [3.63, 3.8) is 0 Å². The number of imidazole rings is 1. The standard InChI is InChI=1S/C14H18N4O2/c1-11(17-14(20)16-6-8-19)12-3-2-4-13(9-12)18-7-5-15-10-18/h2-5,7,9-11,19H,6,8H2,1H3,(H2,16,17,20). The van der Waals surface area contributed by atoms with Gasteiger partial charge >= 0.3 is 6.03 Å². The van der Waals surface area contributed by atoms with Crippen molar-refractivity contribution in [3.8, 4) is 5.69 Å². The molecule has 0 radical (unpaired) electrons. The summed E-state index contributed by atoms with van der Waals surface area (Å²) >= 11 is 0. The van der Waals surface area contributed by atoms with E-state index in [1.54, 1.807) is 12.5 Å². The molecule has 1 aromatic heterocycles. The van der Waals surface area contributed by atoms with E-state index in [0.717, 1.165) is 11.3 Å². The number of benzene rings is 1. The quantitative estimate of drug-likeness (QED) is 0.767. The first-order valence-electron chi connectivity index (χ1n) is 6.44. The van der Waals surface area contributed by atoms with Crippen LogP contribution in [-0.4, -0.2) is 33.8 Å². The predicted molar refractivity (Wildman–Crippen MR) is 75.6 cm³/mol. The summed E-state index contributed by atoms with van der Waals surface area (Å²) in [7, 11) is 0. The SMILES string of the molecule is CC(NC(=O)NCCO)c1cccc(-n2ccnc2)c1. The minimum absolute atomic E-state index is 0.0715. The first-order chi connectivity index (χ1) is 9.70. The lowest BCUT2D eigenvalue weighted by Crippen LogP contribution is -2.38. The van der Waals surface area contributed by atoms with E-state index < -0.39 is 0 Å². The van der Waals surface area contributed by atoms with Crippen LogP contribution in [0.3, 0.4) is 0 Å². The number of hydrogen-bond acceptors (Lipinski definition) is 3. The fourth-order valence-corrected chi connectivity index (χ4v) is 1.87. The number of aromatic nitrogens is 2. The first kappa shape index (κ1) is 14.1. The highest BCUT2D eigenvalue weighted by molar-refractivity contribution is 5.74. The Morgan fingerprint density at radius 1 is 1.50 bits per heavy atom. The van der Waals surface area contributed by atoms with E-state index in [9.17, 15) is 4.79 Å². The van der Waals surface area contributed by atoms with E-state index in [1.165, 1.54) is 0 Å². The Labute approximate surface area is 117 Å². The van der Waals surface area contributed by atoms with Gasteiger partial charge in [-0.15, -0.1) is 0 Å². The molecule has 0 aliphatic rings. The van der Waals surface area contributed by atoms with Crippen molar-refractivity contribution in [2.75, 3.05) is 13.2 Å². The number of urea groups is 1. The molecule has 0 aliphatic carbocycles. The number of carbonyl (C=O) groups is 1. The molecule has 6 heteroatoms. The molecule has 0 aliphatic heterocycles. The summed E-state index contributed by atoms with van der Waals surface area (Å²) in [6.07, 6.45) is 5.31. The van der Waals surface area contributed by atoms with Gasteiger partial charge in [-0.3, -0.25) is 0 Å². The minimum atomic E-state index is -0.292. The van der Waals surface area contributed by atoms with Crippen LogP contribution in [-0.2, 0) is 0 Å². The van der Waals surface area contributed by atoms with Crippen molar-refractivity contribution in [1.82, 2.24) is 20.2 Å². The van der Waals surface area contributed by atoms with Crippen LogP contribution in [0.5, 0.6) is 0 Å². The van der Waals surface area contributed by atoms with Gasteiger partial charge in [0.05, 0.1) is 19.0 Å². The minimum Gasteiger partial charge on any atom is -0.395 e. The number of rotatable bonds is 5. The Kier molecular flexibility index (Phi) is 4.73. The molecular formula is C14H18N4O2. The van der Waals surface area contributed by atoms with Gasteiger partial charge in [-0.1, -0.05) is 12.1 Å². The third-order valence-corrected chi connectivity index (χ3v) is 2.92. The topological polar surface area (TPSA) is 79.2 Å². The first-order valence-corrected chi connectivity index (χ1v) is 6.44. The smallest absolute Gasteiger partial charge is 0.315 e. The highest BCUT2D eigenvalue weighted by Gasteiger charge is 2.09. The fourth-order valence-electron chi connectivity index (χ4n) is 1.87. The molecule has 1 aromatic carbocycles. The van der Waals surface area contributed by atoms with Gasteiger partial charge < -0.3 is 20.3 Å². The molecular weight excluding hydrogens is 256 g/mol. The maximum absolute atomic E-state index is 11.6. The monoisotopic (exact) mass is 274 g/mol. The number of aliphatic hydroxyl groups excluding tert-OH is 1. The maximum atomic E-state index is 11.6. The molecule has 1 atom stereocenters. The molecule has 0 saturated heterocycles. The highest BCUT2D eigenvalue weighted by atomic mass is 16.3. The maximum Gasteiger partial charge on any atom is 0.315 e. The third-order valence-electron chi connectivity index (χ3n) is 2.92. The average molecular weight is 274 g/mol. The van der Waals surface area contributed by atoms with Crippen molar-refractivity contribution < 1.29 is 9.90 Å². The van der Waals surface area contributed by atoms with Gasteiger partial charge in [-0.25, -0.2) is 9.78 Å². The van der Waals surface area contributed by atoms with E-state index >= 15 is 0 Å². The van der Waals surface area contributed by atoms with E-state index in [4.69, 9.17) is 5.11 Å². The number of nitrogens with zero attached hydrogens (tertiary/aromatic N) is 2. The molecule has 3 N–H and O–H groups in total.